The van der Waals surface area contributed by atoms with Gasteiger partial charge in [0.05, 0.1) is 0 Å². The minimum atomic E-state index is -0.349. The van der Waals surface area contributed by atoms with Crippen molar-refractivity contribution in [1.82, 2.24) is 15.2 Å². The molecule has 1 aliphatic rings. The molecular formula is C19H18N4O3. The van der Waals surface area contributed by atoms with Gasteiger partial charge in [0.25, 0.3) is 5.91 Å². The molecule has 2 aromatic rings. The second kappa shape index (κ2) is 7.60. The highest BCUT2D eigenvalue weighted by molar-refractivity contribution is 6.10. The van der Waals surface area contributed by atoms with Gasteiger partial charge in [-0.1, -0.05) is 30.8 Å². The SMILES string of the molecule is C=C1c2ccccc2C(=O)N1CC(=O)NCCC(=O)Nc1ccccn1. The van der Waals surface area contributed by atoms with Crippen molar-refractivity contribution >= 4 is 29.2 Å². The molecule has 0 aliphatic carbocycles. The smallest absolute Gasteiger partial charge is 0.259 e. The van der Waals surface area contributed by atoms with Crippen LogP contribution in [0.1, 0.15) is 22.3 Å². The number of pyridine rings is 1. The molecule has 0 saturated heterocycles. The predicted octanol–water partition coefficient (Wildman–Crippen LogP) is 1.65. The van der Waals surface area contributed by atoms with E-state index >= 15 is 0 Å². The van der Waals surface area contributed by atoms with Crippen molar-refractivity contribution in [2.24, 2.45) is 0 Å². The molecule has 0 radical (unpaired) electrons. The first-order valence-corrected chi connectivity index (χ1v) is 8.14. The second-order valence-corrected chi connectivity index (χ2v) is 5.75. The fraction of sp³-hybridized carbons (Fsp3) is 0.158. The summed E-state index contributed by atoms with van der Waals surface area (Å²) in [7, 11) is 0. The summed E-state index contributed by atoms with van der Waals surface area (Å²) in [6, 6.07) is 12.3. The Bertz CT molecular complexity index is 829. The lowest BCUT2D eigenvalue weighted by Gasteiger charge is -2.16. The summed E-state index contributed by atoms with van der Waals surface area (Å²) in [5.74, 6) is -0.384. The van der Waals surface area contributed by atoms with E-state index in [1.54, 1.807) is 42.6 Å². The summed E-state index contributed by atoms with van der Waals surface area (Å²) in [6.07, 6.45) is 1.69. The van der Waals surface area contributed by atoms with Gasteiger partial charge < -0.3 is 10.6 Å². The van der Waals surface area contributed by atoms with Crippen LogP contribution in [0.3, 0.4) is 0 Å². The summed E-state index contributed by atoms with van der Waals surface area (Å²) >= 11 is 0. The average molecular weight is 350 g/mol. The van der Waals surface area contributed by atoms with Crippen LogP contribution in [0.4, 0.5) is 5.82 Å². The van der Waals surface area contributed by atoms with Crippen LogP contribution in [0, 0.1) is 0 Å². The van der Waals surface area contributed by atoms with Crippen molar-refractivity contribution in [2.75, 3.05) is 18.4 Å². The first-order chi connectivity index (χ1) is 12.6. The van der Waals surface area contributed by atoms with E-state index in [9.17, 15) is 14.4 Å². The largest absolute Gasteiger partial charge is 0.354 e. The van der Waals surface area contributed by atoms with E-state index in [4.69, 9.17) is 0 Å². The van der Waals surface area contributed by atoms with E-state index in [-0.39, 0.29) is 37.2 Å². The lowest BCUT2D eigenvalue weighted by molar-refractivity contribution is -0.121. The summed E-state index contributed by atoms with van der Waals surface area (Å²) in [6.45, 7) is 3.92. The summed E-state index contributed by atoms with van der Waals surface area (Å²) in [4.78, 5) is 41.6. The van der Waals surface area contributed by atoms with E-state index in [1.165, 1.54) is 4.90 Å². The molecule has 1 aliphatic heterocycles. The molecule has 1 aromatic carbocycles. The van der Waals surface area contributed by atoms with E-state index < -0.39 is 0 Å². The molecule has 7 nitrogen and oxygen atoms in total. The van der Waals surface area contributed by atoms with E-state index in [0.717, 1.165) is 5.56 Å². The molecule has 7 heteroatoms. The van der Waals surface area contributed by atoms with Gasteiger partial charge in [0, 0.05) is 36.0 Å². The average Bonchev–Trinajstić information content (AvgIpc) is 2.88. The molecule has 2 heterocycles. The minimum Gasteiger partial charge on any atom is -0.354 e. The van der Waals surface area contributed by atoms with Crippen LogP contribution in [0.2, 0.25) is 0 Å². The highest BCUT2D eigenvalue weighted by Gasteiger charge is 2.31. The topological polar surface area (TPSA) is 91.4 Å². The van der Waals surface area contributed by atoms with Gasteiger partial charge >= 0.3 is 0 Å². The highest BCUT2D eigenvalue weighted by atomic mass is 16.2. The maximum atomic E-state index is 12.3. The van der Waals surface area contributed by atoms with Crippen LogP contribution >= 0.6 is 0 Å². The second-order valence-electron chi connectivity index (χ2n) is 5.75. The van der Waals surface area contributed by atoms with Gasteiger partial charge in [-0.3, -0.25) is 19.3 Å². The number of anilines is 1. The van der Waals surface area contributed by atoms with Crippen molar-refractivity contribution in [1.29, 1.82) is 0 Å². The first-order valence-electron chi connectivity index (χ1n) is 8.14. The Labute approximate surface area is 150 Å². The number of aromatic nitrogens is 1. The molecule has 2 N–H and O–H groups in total. The molecule has 0 atom stereocenters. The molecule has 3 rings (SSSR count). The molecule has 0 bridgehead atoms. The Hall–Kier alpha value is -3.48. The van der Waals surface area contributed by atoms with Gasteiger partial charge in [-0.15, -0.1) is 0 Å². The molecule has 0 unspecified atom stereocenters. The number of rotatable bonds is 6. The van der Waals surface area contributed by atoms with Crippen molar-refractivity contribution < 1.29 is 14.4 Å². The quantitative estimate of drug-likeness (QED) is 0.829. The normalized spacial score (nSPS) is 12.7. The molecule has 132 valence electrons. The Morgan fingerprint density at radius 2 is 1.77 bits per heavy atom. The monoisotopic (exact) mass is 350 g/mol. The van der Waals surface area contributed by atoms with E-state index in [0.29, 0.717) is 17.1 Å². The number of carbonyl (C=O) groups is 3. The third kappa shape index (κ3) is 3.77. The van der Waals surface area contributed by atoms with Gasteiger partial charge in [-0.25, -0.2) is 4.98 Å². The van der Waals surface area contributed by atoms with Crippen LogP contribution in [-0.4, -0.2) is 40.7 Å². The Kier molecular flexibility index (Phi) is 5.07. The van der Waals surface area contributed by atoms with Crippen LogP contribution < -0.4 is 10.6 Å². The van der Waals surface area contributed by atoms with Gasteiger partial charge in [-0.05, 0) is 18.2 Å². The molecule has 0 spiro atoms. The number of amides is 3. The van der Waals surface area contributed by atoms with Gasteiger partial charge in [-0.2, -0.15) is 0 Å². The highest BCUT2D eigenvalue weighted by Crippen LogP contribution is 2.30. The Morgan fingerprint density at radius 3 is 2.46 bits per heavy atom. The van der Waals surface area contributed by atoms with Gasteiger partial charge in [0.15, 0.2) is 0 Å². The number of hydrogen-bond donors (Lipinski definition) is 2. The molecule has 1 aromatic heterocycles. The van der Waals surface area contributed by atoms with Crippen molar-refractivity contribution in [3.63, 3.8) is 0 Å². The summed E-state index contributed by atoms with van der Waals surface area (Å²) in [5.41, 5.74) is 1.79. The maximum absolute atomic E-state index is 12.3. The molecule has 0 fully saturated rings. The zero-order chi connectivity index (χ0) is 18.5. The van der Waals surface area contributed by atoms with Crippen LogP contribution in [0.15, 0.2) is 55.2 Å². The third-order valence-corrected chi connectivity index (χ3v) is 3.95. The van der Waals surface area contributed by atoms with Crippen LogP contribution in [0.5, 0.6) is 0 Å². The van der Waals surface area contributed by atoms with Gasteiger partial charge in [0.2, 0.25) is 11.8 Å². The van der Waals surface area contributed by atoms with Crippen LogP contribution in [-0.2, 0) is 9.59 Å². The van der Waals surface area contributed by atoms with Crippen molar-refractivity contribution in [3.05, 3.63) is 66.4 Å². The number of nitrogens with zero attached hydrogens (tertiary/aromatic N) is 2. The van der Waals surface area contributed by atoms with Crippen molar-refractivity contribution in [2.45, 2.75) is 6.42 Å². The summed E-state index contributed by atoms with van der Waals surface area (Å²) in [5, 5.41) is 5.27. The third-order valence-electron chi connectivity index (χ3n) is 3.95. The molecule has 3 amide bonds. The molecule has 0 saturated carbocycles. The maximum Gasteiger partial charge on any atom is 0.259 e. The zero-order valence-electron chi connectivity index (χ0n) is 14.1. The lowest BCUT2D eigenvalue weighted by Crippen LogP contribution is -2.38. The molecule has 26 heavy (non-hydrogen) atoms. The number of benzene rings is 1. The summed E-state index contributed by atoms with van der Waals surface area (Å²) < 4.78 is 0. The Morgan fingerprint density at radius 1 is 1.04 bits per heavy atom. The lowest BCUT2D eigenvalue weighted by atomic mass is 10.1. The first kappa shape index (κ1) is 17.3. The van der Waals surface area contributed by atoms with Crippen LogP contribution in [0.25, 0.3) is 5.70 Å². The van der Waals surface area contributed by atoms with E-state index in [1.807, 2.05) is 6.07 Å². The number of nitrogens with one attached hydrogen (secondary N) is 2. The number of carbonyl (C=O) groups excluding carboxylic acids is 3. The fourth-order valence-electron chi connectivity index (χ4n) is 2.66. The molecular weight excluding hydrogens is 332 g/mol. The number of fused-ring (bicyclic) bond motifs is 1. The Balaban J connectivity index is 1.46. The minimum absolute atomic E-state index is 0.109. The van der Waals surface area contributed by atoms with Gasteiger partial charge in [0.1, 0.15) is 12.4 Å². The zero-order valence-corrected chi connectivity index (χ0v) is 14.1. The van der Waals surface area contributed by atoms with Crippen molar-refractivity contribution in [3.8, 4) is 0 Å². The predicted molar refractivity (Wildman–Crippen MR) is 97.0 cm³/mol. The number of hydrogen-bond acceptors (Lipinski definition) is 4. The standard InChI is InChI=1S/C19H18N4O3/c1-13-14-6-2-3-7-15(14)19(26)23(13)12-18(25)21-11-9-17(24)22-16-8-4-5-10-20-16/h2-8,10H,1,9,11-12H2,(H,21,25)(H,20,22,24). The van der Waals surface area contributed by atoms with E-state index in [2.05, 4.69) is 22.2 Å². The fourth-order valence-corrected chi connectivity index (χ4v) is 2.66.